The molecule has 166 valence electrons. The van der Waals surface area contributed by atoms with E-state index in [0.29, 0.717) is 0 Å². The fourth-order valence-corrected chi connectivity index (χ4v) is 1.44. The Morgan fingerprint density at radius 1 is 0.630 bits per heavy atom. The van der Waals surface area contributed by atoms with E-state index in [-0.39, 0.29) is 44.3 Å². The molecule has 0 heterocycles. The van der Waals surface area contributed by atoms with Crippen molar-refractivity contribution in [3.8, 4) is 0 Å². The maximum absolute atomic E-state index is 10.4. The molecule has 0 amide bonds. The van der Waals surface area contributed by atoms with Gasteiger partial charge in [0.05, 0.1) is 23.9 Å². The molecule has 0 atom stereocenters. The molecule has 0 aromatic rings. The molecule has 27 heavy (non-hydrogen) atoms. The first-order chi connectivity index (χ1) is 10.6. The van der Waals surface area contributed by atoms with Crippen LogP contribution in [-0.4, -0.2) is 84.7 Å². The Labute approximate surface area is 156 Å². The van der Waals surface area contributed by atoms with Crippen molar-refractivity contribution < 1.29 is 44.7 Å². The van der Waals surface area contributed by atoms with Crippen molar-refractivity contribution in [2.24, 2.45) is 0 Å². The van der Waals surface area contributed by atoms with Gasteiger partial charge in [-0.1, -0.05) is 0 Å². The van der Waals surface area contributed by atoms with E-state index in [1.54, 1.807) is 6.92 Å². The van der Waals surface area contributed by atoms with Gasteiger partial charge in [-0.15, -0.1) is 0 Å². The first-order valence-corrected chi connectivity index (χ1v) is 6.47. The van der Waals surface area contributed by atoms with Crippen LogP contribution < -0.4 is 45.0 Å². The van der Waals surface area contributed by atoms with E-state index in [1.807, 2.05) is 0 Å². The van der Waals surface area contributed by atoms with Crippen LogP contribution in [0.4, 0.5) is 0 Å². The second-order valence-corrected chi connectivity index (χ2v) is 4.23. The lowest BCUT2D eigenvalue weighted by molar-refractivity contribution is -0.314. The smallest absolute Gasteiger partial charge is 0.0555 e. The van der Waals surface area contributed by atoms with Gasteiger partial charge in [0.1, 0.15) is 0 Å². The summed E-state index contributed by atoms with van der Waals surface area (Å²) in [6.07, 6.45) is 0. The third kappa shape index (κ3) is 31.8. The molecule has 0 radical (unpaired) electrons. The van der Waals surface area contributed by atoms with Crippen molar-refractivity contribution in [1.82, 2.24) is 34.4 Å². The van der Waals surface area contributed by atoms with Gasteiger partial charge < -0.3 is 69.3 Å². The molecular formula is C12H34N6O9. The maximum Gasteiger partial charge on any atom is 0.0555 e. The summed E-state index contributed by atoms with van der Waals surface area (Å²) < 4.78 is 0. The summed E-state index contributed by atoms with van der Waals surface area (Å²) >= 11 is 0. The van der Waals surface area contributed by atoms with Crippen molar-refractivity contribution in [1.29, 1.82) is 0 Å². The quantitative estimate of drug-likeness (QED) is 0.215. The number of aliphatic hydroxyl groups is 1. The molecule has 0 unspecified atom stereocenters. The monoisotopic (exact) mass is 406 g/mol. The Morgan fingerprint density at radius 3 is 0.889 bits per heavy atom. The van der Waals surface area contributed by atoms with Crippen LogP contribution >= 0.6 is 0 Å². The number of aliphatic hydroxyl groups excluding tert-OH is 1. The van der Waals surface area contributed by atoms with Crippen LogP contribution in [0.3, 0.4) is 0 Å². The number of aliphatic carboxylic acids is 4. The zero-order chi connectivity index (χ0) is 18.4. The molecule has 0 aliphatic heterocycles. The summed E-state index contributed by atoms with van der Waals surface area (Å²) in [6.45, 7) is -1.32. The zero-order valence-corrected chi connectivity index (χ0v) is 16.6. The molecule has 0 fully saturated rings. The normalized spacial score (nSPS) is 8.59. The fourth-order valence-electron chi connectivity index (χ4n) is 1.44. The zero-order valence-electron chi connectivity index (χ0n) is 16.6. The number of carbonyl (C=O) groups is 4. The van der Waals surface area contributed by atoms with Crippen molar-refractivity contribution in [3.05, 3.63) is 0 Å². The minimum absolute atomic E-state index is 0. The first kappa shape index (κ1) is 39.6. The van der Waals surface area contributed by atoms with Gasteiger partial charge in [-0.05, 0) is 6.92 Å². The largest absolute Gasteiger partial charge is 0.549 e. The Kier molecular flexibility index (Phi) is 34.6. The maximum atomic E-state index is 10.4. The van der Waals surface area contributed by atoms with E-state index in [4.69, 9.17) is 5.11 Å². The molecule has 0 aromatic carbocycles. The molecule has 0 saturated carbocycles. The summed E-state index contributed by atoms with van der Waals surface area (Å²) in [7, 11) is 0. The van der Waals surface area contributed by atoms with Crippen molar-refractivity contribution in [2.45, 2.75) is 6.92 Å². The molecular weight excluding hydrogens is 372 g/mol. The third-order valence-electron chi connectivity index (χ3n) is 2.14. The second kappa shape index (κ2) is 23.6. The van der Waals surface area contributed by atoms with Gasteiger partial charge in [0, 0.05) is 45.9 Å². The van der Waals surface area contributed by atoms with E-state index >= 15 is 0 Å². The molecule has 0 aliphatic carbocycles. The minimum Gasteiger partial charge on any atom is -0.549 e. The highest BCUT2D eigenvalue weighted by Crippen LogP contribution is 1.92. The third-order valence-corrected chi connectivity index (χ3v) is 2.14. The highest BCUT2D eigenvalue weighted by molar-refractivity contribution is 5.71. The number of carboxylic acids is 4. The highest BCUT2D eigenvalue weighted by Gasteiger charge is 2.10. The van der Waals surface area contributed by atoms with Crippen molar-refractivity contribution in [3.63, 3.8) is 0 Å². The summed E-state index contributed by atoms with van der Waals surface area (Å²) in [4.78, 5) is 43.4. The van der Waals surface area contributed by atoms with E-state index in [0.717, 1.165) is 9.80 Å². The number of hydrogen-bond donors (Lipinski definition) is 5. The number of nitrogens with zero attached hydrogens (tertiary/aromatic N) is 2. The lowest BCUT2D eigenvalue weighted by Crippen LogP contribution is -2.50. The van der Waals surface area contributed by atoms with Crippen LogP contribution in [-0.2, 0) is 19.2 Å². The van der Waals surface area contributed by atoms with Gasteiger partial charge in [-0.25, -0.2) is 0 Å². The van der Waals surface area contributed by atoms with Crippen molar-refractivity contribution in [2.75, 3.05) is 45.9 Å². The predicted molar refractivity (Wildman–Crippen MR) is 89.6 cm³/mol. The highest BCUT2D eigenvalue weighted by atomic mass is 16.4. The molecule has 0 bridgehead atoms. The average molecular weight is 406 g/mol. The number of rotatable bonds is 11. The Hall–Kier alpha value is -2.40. The molecule has 0 rings (SSSR count). The van der Waals surface area contributed by atoms with Crippen LogP contribution in [0.1, 0.15) is 6.92 Å². The summed E-state index contributed by atoms with van der Waals surface area (Å²) in [6, 6.07) is 0. The van der Waals surface area contributed by atoms with E-state index in [2.05, 4.69) is 0 Å². The minimum atomic E-state index is -1.53. The van der Waals surface area contributed by atoms with E-state index in [9.17, 15) is 39.6 Å². The van der Waals surface area contributed by atoms with Crippen LogP contribution in [0.2, 0.25) is 0 Å². The van der Waals surface area contributed by atoms with Crippen LogP contribution in [0.15, 0.2) is 0 Å². The molecule has 0 saturated heterocycles. The number of quaternary nitrogens is 4. The standard InChI is InChI=1S/C10H16N2O8.C2H6O.4H3N/c13-7(14)3-11(4-8(15)16)1-2-12(5-9(17)18)6-10(19)20;1-2-3;;;;/h1-6H2,(H,13,14)(H,15,16)(H,17,18)(H,19,20);3H,2H2,1H3;4*1H3. The molecule has 15 nitrogen and oxygen atoms in total. The number of carboxylic acid groups (broad SMARTS) is 4. The molecule has 15 heteroatoms. The fraction of sp³-hybridized carbons (Fsp3) is 0.667. The number of carbonyl (C=O) groups excluding carboxylic acids is 4. The molecule has 0 spiro atoms. The van der Waals surface area contributed by atoms with Crippen LogP contribution in [0.25, 0.3) is 0 Å². The van der Waals surface area contributed by atoms with Gasteiger partial charge in [0.2, 0.25) is 0 Å². The first-order valence-electron chi connectivity index (χ1n) is 6.47. The Morgan fingerprint density at radius 2 is 0.778 bits per heavy atom. The summed E-state index contributed by atoms with van der Waals surface area (Å²) in [5.41, 5.74) is 0. The molecule has 17 N–H and O–H groups in total. The molecule has 0 aromatic heterocycles. The number of hydrogen-bond acceptors (Lipinski definition) is 11. The van der Waals surface area contributed by atoms with Gasteiger partial charge in [-0.2, -0.15) is 0 Å². The van der Waals surface area contributed by atoms with Crippen LogP contribution in [0, 0.1) is 0 Å². The van der Waals surface area contributed by atoms with Gasteiger partial charge >= 0.3 is 0 Å². The van der Waals surface area contributed by atoms with Gasteiger partial charge in [0.15, 0.2) is 0 Å². The van der Waals surface area contributed by atoms with Gasteiger partial charge in [-0.3, -0.25) is 9.80 Å². The van der Waals surface area contributed by atoms with Crippen LogP contribution in [0.5, 0.6) is 0 Å². The van der Waals surface area contributed by atoms with E-state index in [1.165, 1.54) is 0 Å². The SMILES string of the molecule is CCO.O=C([O-])CN(CCN(CC(=O)[O-])CC(=O)[O-])CC(=O)[O-].[NH4+].[NH4+].[NH4+].[NH4+]. The van der Waals surface area contributed by atoms with Gasteiger partial charge in [0.25, 0.3) is 0 Å². The lowest BCUT2D eigenvalue weighted by Gasteiger charge is -2.28. The molecule has 0 aliphatic rings. The Balaban J connectivity index is -0.000000147. The summed E-state index contributed by atoms with van der Waals surface area (Å²) in [5.74, 6) is -6.12. The van der Waals surface area contributed by atoms with E-state index < -0.39 is 50.1 Å². The second-order valence-electron chi connectivity index (χ2n) is 4.23. The summed E-state index contributed by atoms with van der Waals surface area (Å²) in [5, 5.41) is 49.2. The topological polar surface area (TPSA) is 333 Å². The average Bonchev–Trinajstić information content (AvgIpc) is 2.33. The van der Waals surface area contributed by atoms with Crippen molar-refractivity contribution >= 4 is 23.9 Å². The lowest BCUT2D eigenvalue weighted by atomic mass is 10.4. The Bertz CT molecular complexity index is 343. The predicted octanol–water partition coefficient (Wildman–Crippen LogP) is -5.91.